The fraction of sp³-hybridized carbons (Fsp3) is 0.556. The minimum absolute atomic E-state index is 0.0755. The monoisotopic (exact) mass is 366 g/mol. The summed E-state index contributed by atoms with van der Waals surface area (Å²) in [5, 5.41) is 0. The van der Waals surface area contributed by atoms with Gasteiger partial charge in [-0.3, -0.25) is 9.59 Å². The molecule has 24 heavy (non-hydrogen) atoms. The van der Waals surface area contributed by atoms with E-state index in [0.29, 0.717) is 18.5 Å². The Hall–Kier alpha value is -1.33. The van der Waals surface area contributed by atoms with Crippen molar-refractivity contribution >= 4 is 34.8 Å². The van der Waals surface area contributed by atoms with Gasteiger partial charge in [-0.1, -0.05) is 18.2 Å². The van der Waals surface area contributed by atoms with Crippen LogP contribution in [0.25, 0.3) is 0 Å². The third kappa shape index (κ3) is 3.52. The minimum atomic E-state index is -0.0807. The van der Waals surface area contributed by atoms with E-state index in [1.165, 1.54) is 11.0 Å². The summed E-state index contributed by atoms with van der Waals surface area (Å²) in [5.41, 5.74) is 0. The Kier molecular flexibility index (Phi) is 5.30. The summed E-state index contributed by atoms with van der Waals surface area (Å²) in [6.07, 6.45) is 5.08. The summed E-state index contributed by atoms with van der Waals surface area (Å²) in [4.78, 5) is 29.5. The van der Waals surface area contributed by atoms with Crippen LogP contribution < -0.4 is 0 Å². The first-order valence-electron chi connectivity index (χ1n) is 8.43. The molecule has 0 aromatic carbocycles. The second-order valence-corrected chi connectivity index (χ2v) is 8.49. The average molecular weight is 367 g/mol. The van der Waals surface area contributed by atoms with Crippen molar-refractivity contribution in [2.24, 2.45) is 5.92 Å². The molecule has 1 unspecified atom stereocenters. The molecule has 3 rings (SSSR count). The van der Waals surface area contributed by atoms with E-state index in [1.54, 1.807) is 16.2 Å². The molecule has 4 nitrogen and oxygen atoms in total. The molecular formula is C18H23ClN2O2S. The van der Waals surface area contributed by atoms with Crippen LogP contribution in [0.4, 0.5) is 0 Å². The van der Waals surface area contributed by atoms with Gasteiger partial charge in [0.15, 0.2) is 0 Å². The number of thiophene rings is 1. The van der Waals surface area contributed by atoms with Crippen molar-refractivity contribution in [3.05, 3.63) is 34.0 Å². The van der Waals surface area contributed by atoms with Crippen molar-refractivity contribution in [1.82, 2.24) is 9.80 Å². The lowest BCUT2D eigenvalue weighted by Gasteiger charge is -2.43. The predicted octanol–water partition coefficient (Wildman–Crippen LogP) is 3.53. The molecule has 1 aromatic rings. The molecule has 0 N–H and O–H groups in total. The normalized spacial score (nSPS) is 26.6. The predicted molar refractivity (Wildman–Crippen MR) is 97.4 cm³/mol. The van der Waals surface area contributed by atoms with E-state index >= 15 is 0 Å². The van der Waals surface area contributed by atoms with E-state index in [2.05, 4.69) is 12.6 Å². The van der Waals surface area contributed by atoms with Crippen LogP contribution in [0.2, 0.25) is 4.34 Å². The van der Waals surface area contributed by atoms with Crippen LogP contribution in [0.15, 0.2) is 24.8 Å². The molecule has 2 amide bonds. The molecule has 1 aliphatic heterocycles. The van der Waals surface area contributed by atoms with Gasteiger partial charge in [0.25, 0.3) is 0 Å². The quantitative estimate of drug-likeness (QED) is 0.765. The first-order chi connectivity index (χ1) is 11.5. The number of nitrogens with zero attached hydrogens (tertiary/aromatic N) is 2. The van der Waals surface area contributed by atoms with Crippen molar-refractivity contribution in [3.63, 3.8) is 0 Å². The zero-order chi connectivity index (χ0) is 17.3. The van der Waals surface area contributed by atoms with Crippen molar-refractivity contribution in [2.75, 3.05) is 20.1 Å². The number of hydrogen-bond acceptors (Lipinski definition) is 3. The van der Waals surface area contributed by atoms with E-state index in [-0.39, 0.29) is 17.7 Å². The zero-order valence-electron chi connectivity index (χ0n) is 13.9. The Balaban J connectivity index is 1.54. The molecule has 1 saturated heterocycles. The summed E-state index contributed by atoms with van der Waals surface area (Å²) in [6, 6.07) is 4.33. The van der Waals surface area contributed by atoms with Crippen LogP contribution >= 0.6 is 22.9 Å². The molecule has 1 saturated carbocycles. The van der Waals surface area contributed by atoms with E-state index in [0.717, 1.165) is 36.6 Å². The zero-order valence-corrected chi connectivity index (χ0v) is 15.5. The molecule has 1 aliphatic carbocycles. The third-order valence-corrected chi connectivity index (χ3v) is 6.66. The summed E-state index contributed by atoms with van der Waals surface area (Å²) >= 11 is 7.64. The Morgan fingerprint density at radius 2 is 2.17 bits per heavy atom. The summed E-state index contributed by atoms with van der Waals surface area (Å²) < 4.78 is 0.826. The molecule has 2 fully saturated rings. The minimum Gasteiger partial charge on any atom is -0.342 e. The number of likely N-dealkylation sites (tertiary alicyclic amines) is 1. The van der Waals surface area contributed by atoms with Crippen LogP contribution in [0.3, 0.4) is 0 Å². The summed E-state index contributed by atoms with van der Waals surface area (Å²) in [7, 11) is 1.90. The highest BCUT2D eigenvalue weighted by molar-refractivity contribution is 7.16. The van der Waals surface area contributed by atoms with Crippen LogP contribution in [0.1, 0.15) is 36.5 Å². The highest BCUT2D eigenvalue weighted by Gasteiger charge is 2.38. The molecule has 2 aliphatic rings. The van der Waals surface area contributed by atoms with Crippen molar-refractivity contribution in [3.8, 4) is 0 Å². The number of rotatable bonds is 4. The number of piperidine rings is 1. The van der Waals surface area contributed by atoms with E-state index in [1.807, 2.05) is 18.0 Å². The van der Waals surface area contributed by atoms with Gasteiger partial charge in [-0.15, -0.1) is 11.3 Å². The molecular weight excluding hydrogens is 344 g/mol. The average Bonchev–Trinajstić information content (AvgIpc) is 2.98. The summed E-state index contributed by atoms with van der Waals surface area (Å²) in [6.45, 7) is 4.78. The molecule has 2 heterocycles. The van der Waals surface area contributed by atoms with Gasteiger partial charge in [-0.05, 0) is 49.8 Å². The van der Waals surface area contributed by atoms with Crippen molar-refractivity contribution in [1.29, 1.82) is 0 Å². The molecule has 130 valence electrons. The van der Waals surface area contributed by atoms with Crippen LogP contribution in [0, 0.1) is 5.92 Å². The number of carbonyl (C=O) groups is 2. The van der Waals surface area contributed by atoms with Gasteiger partial charge in [-0.25, -0.2) is 0 Å². The Morgan fingerprint density at radius 3 is 2.79 bits per heavy atom. The van der Waals surface area contributed by atoms with Crippen LogP contribution in [-0.4, -0.2) is 47.8 Å². The summed E-state index contributed by atoms with van der Waals surface area (Å²) in [5.74, 6) is 0.536. The van der Waals surface area contributed by atoms with Gasteiger partial charge in [0.05, 0.1) is 10.3 Å². The van der Waals surface area contributed by atoms with Crippen molar-refractivity contribution in [2.45, 2.75) is 37.6 Å². The molecule has 0 radical (unpaired) electrons. The van der Waals surface area contributed by atoms with E-state index in [9.17, 15) is 9.59 Å². The molecule has 0 bridgehead atoms. The van der Waals surface area contributed by atoms with E-state index in [4.69, 9.17) is 11.6 Å². The fourth-order valence-electron chi connectivity index (χ4n) is 3.66. The van der Waals surface area contributed by atoms with Crippen molar-refractivity contribution < 1.29 is 9.59 Å². The topological polar surface area (TPSA) is 40.6 Å². The van der Waals surface area contributed by atoms with Gasteiger partial charge in [-0.2, -0.15) is 0 Å². The smallest absolute Gasteiger partial charge is 0.245 e. The second kappa shape index (κ2) is 7.28. The first-order valence-corrected chi connectivity index (χ1v) is 9.62. The lowest BCUT2D eigenvalue weighted by Crippen LogP contribution is -2.50. The second-order valence-electron chi connectivity index (χ2n) is 6.74. The lowest BCUT2D eigenvalue weighted by molar-refractivity contribution is -0.141. The van der Waals surface area contributed by atoms with Crippen LogP contribution in [-0.2, 0) is 9.59 Å². The molecule has 6 heteroatoms. The lowest BCUT2D eigenvalue weighted by atomic mass is 9.78. The van der Waals surface area contributed by atoms with E-state index < -0.39 is 0 Å². The third-order valence-electron chi connectivity index (χ3n) is 5.26. The first kappa shape index (κ1) is 17.5. The maximum absolute atomic E-state index is 12.8. The number of halogens is 1. The Morgan fingerprint density at radius 1 is 1.42 bits per heavy atom. The number of carbonyl (C=O) groups excluding carboxylic acids is 2. The van der Waals surface area contributed by atoms with Gasteiger partial charge < -0.3 is 9.80 Å². The highest BCUT2D eigenvalue weighted by atomic mass is 35.5. The van der Waals surface area contributed by atoms with Gasteiger partial charge in [0.1, 0.15) is 0 Å². The Labute approximate surface area is 152 Å². The standard InChI is InChI=1S/C18H23ClN2O2S/c1-3-17(22)21-8-4-5-12(11-21)18(23)20(2)14-9-13(10-14)15-6-7-16(19)24-15/h3,6-7,12-14H,1,4-5,8-11H2,2H3. The highest BCUT2D eigenvalue weighted by Crippen LogP contribution is 2.43. The SMILES string of the molecule is C=CC(=O)N1CCCC(C(=O)N(C)C2CC(c3ccc(Cl)s3)C2)C1. The molecule has 1 aromatic heterocycles. The van der Waals surface area contributed by atoms with Gasteiger partial charge >= 0.3 is 0 Å². The van der Waals surface area contributed by atoms with Gasteiger partial charge in [0.2, 0.25) is 11.8 Å². The Bertz CT molecular complexity index is 639. The number of amides is 2. The largest absolute Gasteiger partial charge is 0.342 e. The fourth-order valence-corrected chi connectivity index (χ4v) is 4.85. The maximum Gasteiger partial charge on any atom is 0.245 e. The maximum atomic E-state index is 12.8. The molecule has 0 spiro atoms. The molecule has 1 atom stereocenters. The van der Waals surface area contributed by atoms with Crippen LogP contribution in [0.5, 0.6) is 0 Å². The van der Waals surface area contributed by atoms with Gasteiger partial charge in [0, 0.05) is 31.1 Å². The number of hydrogen-bond donors (Lipinski definition) is 0.